The Morgan fingerprint density at radius 1 is 1.14 bits per heavy atom. The van der Waals surface area contributed by atoms with Crippen molar-refractivity contribution >= 4 is 11.7 Å². The molecule has 2 aromatic carbocycles. The van der Waals surface area contributed by atoms with Gasteiger partial charge in [0.1, 0.15) is 5.75 Å². The maximum absolute atomic E-state index is 10.8. The van der Waals surface area contributed by atoms with Crippen LogP contribution in [-0.2, 0) is 6.54 Å². The summed E-state index contributed by atoms with van der Waals surface area (Å²) in [4.78, 5) is 10.8. The molecule has 0 unspecified atom stereocenters. The zero-order valence-electron chi connectivity index (χ0n) is 12.2. The molecule has 110 valence electrons. The Kier molecular flexibility index (Phi) is 4.82. The van der Waals surface area contributed by atoms with E-state index in [-0.39, 0.29) is 6.10 Å². The van der Waals surface area contributed by atoms with E-state index in [2.05, 4.69) is 5.32 Å². The molecular formula is C17H19NO3. The number of anilines is 1. The Balaban J connectivity index is 2.04. The molecule has 0 amide bonds. The highest BCUT2D eigenvalue weighted by atomic mass is 16.5. The van der Waals surface area contributed by atoms with Crippen LogP contribution in [0.15, 0.2) is 48.5 Å². The van der Waals surface area contributed by atoms with Gasteiger partial charge in [0.15, 0.2) is 0 Å². The largest absolute Gasteiger partial charge is 0.489 e. The summed E-state index contributed by atoms with van der Waals surface area (Å²) in [5.41, 5.74) is 2.23. The number of ether oxygens (including phenoxy) is 1. The minimum Gasteiger partial charge on any atom is -0.489 e. The van der Waals surface area contributed by atoms with Crippen LogP contribution >= 0.6 is 0 Å². The molecule has 0 aliphatic rings. The van der Waals surface area contributed by atoms with Crippen LogP contribution in [-0.4, -0.2) is 17.2 Å². The van der Waals surface area contributed by atoms with Gasteiger partial charge in [-0.05, 0) is 43.7 Å². The molecule has 2 aromatic rings. The molecule has 0 bridgehead atoms. The summed E-state index contributed by atoms with van der Waals surface area (Å²) in [5.74, 6) is -0.0974. The topological polar surface area (TPSA) is 58.6 Å². The molecule has 0 aliphatic heterocycles. The van der Waals surface area contributed by atoms with Gasteiger partial charge in [0.25, 0.3) is 0 Å². The highest BCUT2D eigenvalue weighted by Crippen LogP contribution is 2.25. The second-order valence-corrected chi connectivity index (χ2v) is 5.02. The standard InChI is InChI=1S/C17H19NO3/c1-12(2)21-16-6-4-3-5-15(16)18-11-13-7-9-14(10-8-13)17(19)20/h3-10,12,18H,11H2,1-2H3,(H,19,20). The van der Waals surface area contributed by atoms with Crippen molar-refractivity contribution in [2.75, 3.05) is 5.32 Å². The van der Waals surface area contributed by atoms with Gasteiger partial charge in [-0.15, -0.1) is 0 Å². The van der Waals surface area contributed by atoms with Crippen molar-refractivity contribution in [3.05, 3.63) is 59.7 Å². The van der Waals surface area contributed by atoms with Gasteiger partial charge in [-0.2, -0.15) is 0 Å². The second kappa shape index (κ2) is 6.79. The van der Waals surface area contributed by atoms with Gasteiger partial charge in [-0.25, -0.2) is 4.79 Å². The van der Waals surface area contributed by atoms with Crippen molar-refractivity contribution < 1.29 is 14.6 Å². The van der Waals surface area contributed by atoms with E-state index in [0.29, 0.717) is 12.1 Å². The maximum Gasteiger partial charge on any atom is 0.335 e. The van der Waals surface area contributed by atoms with Gasteiger partial charge in [-0.1, -0.05) is 24.3 Å². The molecule has 2 rings (SSSR count). The first-order valence-corrected chi connectivity index (χ1v) is 6.88. The summed E-state index contributed by atoms with van der Waals surface area (Å²) < 4.78 is 5.74. The average Bonchev–Trinajstić information content (AvgIpc) is 2.46. The van der Waals surface area contributed by atoms with Crippen LogP contribution in [0.4, 0.5) is 5.69 Å². The molecule has 0 fully saturated rings. The van der Waals surface area contributed by atoms with Gasteiger partial charge in [0.2, 0.25) is 0 Å². The van der Waals surface area contributed by atoms with Crippen molar-refractivity contribution in [3.63, 3.8) is 0 Å². The monoisotopic (exact) mass is 285 g/mol. The zero-order valence-corrected chi connectivity index (χ0v) is 12.2. The van der Waals surface area contributed by atoms with Gasteiger partial charge in [0, 0.05) is 6.54 Å². The lowest BCUT2D eigenvalue weighted by Gasteiger charge is -2.15. The number of rotatable bonds is 6. The minimum atomic E-state index is -0.912. The summed E-state index contributed by atoms with van der Waals surface area (Å²) >= 11 is 0. The predicted octanol–water partition coefficient (Wildman–Crippen LogP) is 3.78. The molecule has 0 heterocycles. The van der Waals surface area contributed by atoms with E-state index < -0.39 is 5.97 Å². The summed E-state index contributed by atoms with van der Waals surface area (Å²) in [6.07, 6.45) is 0.114. The molecule has 0 atom stereocenters. The van der Waals surface area contributed by atoms with Gasteiger partial charge in [0.05, 0.1) is 17.4 Å². The molecule has 0 saturated heterocycles. The summed E-state index contributed by atoms with van der Waals surface area (Å²) in [7, 11) is 0. The number of carboxylic acid groups (broad SMARTS) is 1. The Bertz CT molecular complexity index is 606. The van der Waals surface area contributed by atoms with E-state index >= 15 is 0 Å². The molecule has 0 spiro atoms. The summed E-state index contributed by atoms with van der Waals surface area (Å²) in [5, 5.41) is 12.2. The fourth-order valence-electron chi connectivity index (χ4n) is 1.93. The number of hydrogen-bond acceptors (Lipinski definition) is 3. The van der Waals surface area contributed by atoms with E-state index in [1.165, 1.54) is 0 Å². The second-order valence-electron chi connectivity index (χ2n) is 5.02. The van der Waals surface area contributed by atoms with Crippen molar-refractivity contribution in [2.45, 2.75) is 26.5 Å². The van der Waals surface area contributed by atoms with Crippen LogP contribution in [0.3, 0.4) is 0 Å². The lowest BCUT2D eigenvalue weighted by atomic mass is 10.1. The molecule has 4 nitrogen and oxygen atoms in total. The minimum absolute atomic E-state index is 0.114. The smallest absolute Gasteiger partial charge is 0.335 e. The predicted molar refractivity (Wildman–Crippen MR) is 82.9 cm³/mol. The van der Waals surface area contributed by atoms with Crippen LogP contribution in [0.5, 0.6) is 5.75 Å². The number of benzene rings is 2. The van der Waals surface area contributed by atoms with Crippen LogP contribution in [0, 0.1) is 0 Å². The fraction of sp³-hybridized carbons (Fsp3) is 0.235. The first kappa shape index (κ1) is 14.9. The fourth-order valence-corrected chi connectivity index (χ4v) is 1.93. The maximum atomic E-state index is 10.8. The number of hydrogen-bond donors (Lipinski definition) is 2. The lowest BCUT2D eigenvalue weighted by molar-refractivity contribution is 0.0697. The van der Waals surface area contributed by atoms with Crippen LogP contribution in [0.2, 0.25) is 0 Å². The Morgan fingerprint density at radius 2 is 1.81 bits per heavy atom. The molecule has 0 aliphatic carbocycles. The Morgan fingerprint density at radius 3 is 2.43 bits per heavy atom. The lowest BCUT2D eigenvalue weighted by Crippen LogP contribution is -2.08. The third kappa shape index (κ3) is 4.24. The summed E-state index contributed by atoms with van der Waals surface area (Å²) in [6, 6.07) is 14.6. The third-order valence-electron chi connectivity index (χ3n) is 2.93. The van der Waals surface area contributed by atoms with Crippen LogP contribution in [0.25, 0.3) is 0 Å². The van der Waals surface area contributed by atoms with Crippen molar-refractivity contribution in [1.29, 1.82) is 0 Å². The van der Waals surface area contributed by atoms with E-state index in [4.69, 9.17) is 9.84 Å². The average molecular weight is 285 g/mol. The van der Waals surface area contributed by atoms with Crippen LogP contribution in [0.1, 0.15) is 29.8 Å². The number of carbonyl (C=O) groups is 1. The quantitative estimate of drug-likeness (QED) is 0.848. The molecule has 0 saturated carbocycles. The molecule has 2 N–H and O–H groups in total. The molecule has 21 heavy (non-hydrogen) atoms. The first-order valence-electron chi connectivity index (χ1n) is 6.88. The number of aromatic carboxylic acids is 1. The third-order valence-corrected chi connectivity index (χ3v) is 2.93. The highest BCUT2D eigenvalue weighted by Gasteiger charge is 2.05. The Hall–Kier alpha value is -2.49. The Labute approximate surface area is 124 Å². The first-order chi connectivity index (χ1) is 10.1. The number of para-hydroxylation sites is 2. The number of carboxylic acids is 1. The van der Waals surface area contributed by atoms with E-state index in [9.17, 15) is 4.79 Å². The van der Waals surface area contributed by atoms with Crippen molar-refractivity contribution in [2.24, 2.45) is 0 Å². The van der Waals surface area contributed by atoms with E-state index in [0.717, 1.165) is 17.0 Å². The van der Waals surface area contributed by atoms with Crippen LogP contribution < -0.4 is 10.1 Å². The van der Waals surface area contributed by atoms with Crippen molar-refractivity contribution in [3.8, 4) is 5.75 Å². The molecule has 0 radical (unpaired) electrons. The molecular weight excluding hydrogens is 266 g/mol. The van der Waals surface area contributed by atoms with Gasteiger partial charge >= 0.3 is 5.97 Å². The zero-order chi connectivity index (χ0) is 15.2. The number of nitrogens with one attached hydrogen (secondary N) is 1. The van der Waals surface area contributed by atoms with E-state index in [1.807, 2.05) is 50.2 Å². The van der Waals surface area contributed by atoms with Gasteiger partial charge in [-0.3, -0.25) is 0 Å². The van der Waals surface area contributed by atoms with E-state index in [1.54, 1.807) is 12.1 Å². The SMILES string of the molecule is CC(C)Oc1ccccc1NCc1ccc(C(=O)O)cc1. The normalized spacial score (nSPS) is 10.4. The molecule has 0 aromatic heterocycles. The van der Waals surface area contributed by atoms with Gasteiger partial charge < -0.3 is 15.2 Å². The molecule has 4 heteroatoms. The highest BCUT2D eigenvalue weighted by molar-refractivity contribution is 5.87. The van der Waals surface area contributed by atoms with Crippen molar-refractivity contribution in [1.82, 2.24) is 0 Å². The summed E-state index contributed by atoms with van der Waals surface area (Å²) in [6.45, 7) is 4.58.